The number of nitrogen functional groups attached to an aromatic ring is 1. The summed E-state index contributed by atoms with van der Waals surface area (Å²) in [4.78, 5) is 0. The number of rotatable bonds is 3. The van der Waals surface area contributed by atoms with E-state index >= 15 is 0 Å². The Hall–Kier alpha value is -2.00. The third-order valence-corrected chi connectivity index (χ3v) is 4.09. The van der Waals surface area contributed by atoms with Crippen molar-refractivity contribution in [3.05, 3.63) is 35.2 Å². The SMILES string of the molecule is N#CCc1cc(NC2C=CS(=O)(=O)C2)ccc1N. The van der Waals surface area contributed by atoms with Gasteiger partial charge in [-0.25, -0.2) is 8.42 Å². The molecule has 0 amide bonds. The van der Waals surface area contributed by atoms with Gasteiger partial charge in [0.25, 0.3) is 0 Å². The largest absolute Gasteiger partial charge is 0.398 e. The lowest BCUT2D eigenvalue weighted by Crippen LogP contribution is -2.20. The molecular formula is C12H13N3O2S. The van der Waals surface area contributed by atoms with Crippen molar-refractivity contribution in [1.29, 1.82) is 5.26 Å². The van der Waals surface area contributed by atoms with Crippen molar-refractivity contribution >= 4 is 21.2 Å². The second-order valence-electron chi connectivity index (χ2n) is 4.16. The van der Waals surface area contributed by atoms with E-state index in [2.05, 4.69) is 5.32 Å². The fourth-order valence-electron chi connectivity index (χ4n) is 1.81. The Morgan fingerprint density at radius 3 is 2.89 bits per heavy atom. The molecule has 0 radical (unpaired) electrons. The first kappa shape index (κ1) is 12.5. The molecule has 6 heteroatoms. The highest BCUT2D eigenvalue weighted by Gasteiger charge is 2.21. The highest BCUT2D eigenvalue weighted by atomic mass is 32.2. The molecule has 2 rings (SSSR count). The number of nitrogens with one attached hydrogen (secondary N) is 1. The van der Waals surface area contributed by atoms with Crippen LogP contribution < -0.4 is 11.1 Å². The standard InChI is InChI=1S/C12H13N3O2S/c13-5-3-9-7-10(1-2-12(9)14)15-11-4-6-18(16,17)8-11/h1-2,4,6-7,11,15H,3,8,14H2. The van der Waals surface area contributed by atoms with Crippen LogP contribution >= 0.6 is 0 Å². The lowest BCUT2D eigenvalue weighted by Gasteiger charge is -2.13. The van der Waals surface area contributed by atoms with E-state index in [9.17, 15) is 8.42 Å². The quantitative estimate of drug-likeness (QED) is 0.795. The molecule has 5 nitrogen and oxygen atoms in total. The first-order valence-electron chi connectivity index (χ1n) is 5.43. The Labute approximate surface area is 106 Å². The topological polar surface area (TPSA) is 96.0 Å². The zero-order valence-electron chi connectivity index (χ0n) is 9.63. The van der Waals surface area contributed by atoms with Crippen LogP contribution in [-0.2, 0) is 16.3 Å². The normalized spacial score (nSPS) is 20.5. The van der Waals surface area contributed by atoms with Gasteiger partial charge in [0, 0.05) is 16.8 Å². The van der Waals surface area contributed by atoms with Gasteiger partial charge >= 0.3 is 0 Å². The molecule has 0 fully saturated rings. The van der Waals surface area contributed by atoms with Crippen LogP contribution in [0.3, 0.4) is 0 Å². The predicted molar refractivity (Wildman–Crippen MR) is 70.5 cm³/mol. The molecule has 1 aliphatic heterocycles. The zero-order valence-corrected chi connectivity index (χ0v) is 10.4. The van der Waals surface area contributed by atoms with Crippen molar-refractivity contribution < 1.29 is 8.42 Å². The molecule has 18 heavy (non-hydrogen) atoms. The first-order chi connectivity index (χ1) is 8.50. The van der Waals surface area contributed by atoms with E-state index in [-0.39, 0.29) is 18.2 Å². The van der Waals surface area contributed by atoms with Gasteiger partial charge in [0.2, 0.25) is 0 Å². The van der Waals surface area contributed by atoms with Crippen LogP contribution in [0.4, 0.5) is 11.4 Å². The number of nitriles is 1. The van der Waals surface area contributed by atoms with Crippen LogP contribution in [0.2, 0.25) is 0 Å². The molecule has 1 atom stereocenters. The average molecular weight is 263 g/mol. The van der Waals surface area contributed by atoms with Gasteiger partial charge in [-0.1, -0.05) is 6.08 Å². The summed E-state index contributed by atoms with van der Waals surface area (Å²) in [5.74, 6) is 0.0605. The van der Waals surface area contributed by atoms with E-state index in [1.807, 2.05) is 6.07 Å². The minimum Gasteiger partial charge on any atom is -0.398 e. The minimum atomic E-state index is -3.06. The molecule has 94 valence electrons. The minimum absolute atomic E-state index is 0.0605. The van der Waals surface area contributed by atoms with Crippen LogP contribution in [-0.4, -0.2) is 20.2 Å². The molecule has 1 aliphatic rings. The van der Waals surface area contributed by atoms with Crippen molar-refractivity contribution in [3.8, 4) is 6.07 Å². The monoisotopic (exact) mass is 263 g/mol. The van der Waals surface area contributed by atoms with Crippen LogP contribution in [0.1, 0.15) is 5.56 Å². The van der Waals surface area contributed by atoms with Crippen molar-refractivity contribution in [2.45, 2.75) is 12.5 Å². The van der Waals surface area contributed by atoms with Crippen molar-refractivity contribution in [3.63, 3.8) is 0 Å². The van der Waals surface area contributed by atoms with Gasteiger partial charge in [-0.05, 0) is 23.8 Å². The molecule has 1 aromatic rings. The van der Waals surface area contributed by atoms with E-state index in [1.165, 1.54) is 5.41 Å². The number of nitrogens with two attached hydrogens (primary N) is 1. The smallest absolute Gasteiger partial charge is 0.173 e. The third kappa shape index (κ3) is 2.81. The fourth-order valence-corrected chi connectivity index (χ4v) is 3.05. The zero-order chi connectivity index (χ0) is 13.2. The van der Waals surface area contributed by atoms with Crippen LogP contribution in [0, 0.1) is 11.3 Å². The van der Waals surface area contributed by atoms with E-state index in [0.717, 1.165) is 11.3 Å². The number of hydrogen-bond acceptors (Lipinski definition) is 5. The van der Waals surface area contributed by atoms with Gasteiger partial charge in [0.05, 0.1) is 24.3 Å². The molecule has 1 heterocycles. The Kier molecular flexibility index (Phi) is 3.26. The number of benzene rings is 1. The molecule has 3 N–H and O–H groups in total. The molecule has 0 bridgehead atoms. The summed E-state index contributed by atoms with van der Waals surface area (Å²) < 4.78 is 22.5. The molecular weight excluding hydrogens is 250 g/mol. The first-order valence-corrected chi connectivity index (χ1v) is 7.14. The van der Waals surface area contributed by atoms with Gasteiger partial charge in [0.1, 0.15) is 0 Å². The Morgan fingerprint density at radius 1 is 1.50 bits per heavy atom. The Bertz CT molecular complexity index is 629. The molecule has 1 aromatic carbocycles. The summed E-state index contributed by atoms with van der Waals surface area (Å²) in [6.07, 6.45) is 1.86. The van der Waals surface area contributed by atoms with Crippen LogP contribution in [0.5, 0.6) is 0 Å². The highest BCUT2D eigenvalue weighted by molar-refractivity contribution is 7.94. The van der Waals surface area contributed by atoms with E-state index in [4.69, 9.17) is 11.0 Å². The highest BCUT2D eigenvalue weighted by Crippen LogP contribution is 2.20. The lowest BCUT2D eigenvalue weighted by molar-refractivity contribution is 0.605. The molecule has 0 aromatic heterocycles. The Morgan fingerprint density at radius 2 is 2.28 bits per heavy atom. The third-order valence-electron chi connectivity index (χ3n) is 2.69. The van der Waals surface area contributed by atoms with Crippen LogP contribution in [0.15, 0.2) is 29.7 Å². The van der Waals surface area contributed by atoms with E-state index in [0.29, 0.717) is 5.69 Å². The molecule has 0 aliphatic carbocycles. The maximum atomic E-state index is 11.3. The van der Waals surface area contributed by atoms with Crippen molar-refractivity contribution in [1.82, 2.24) is 0 Å². The second kappa shape index (κ2) is 4.70. The molecule has 0 spiro atoms. The fraction of sp³-hybridized carbons (Fsp3) is 0.250. The molecule has 0 saturated heterocycles. The summed E-state index contributed by atoms with van der Waals surface area (Å²) in [6.45, 7) is 0. The molecule has 1 unspecified atom stereocenters. The maximum absolute atomic E-state index is 11.3. The van der Waals surface area contributed by atoms with Crippen LogP contribution in [0.25, 0.3) is 0 Å². The van der Waals surface area contributed by atoms with Gasteiger partial charge < -0.3 is 11.1 Å². The predicted octanol–water partition coefficient (Wildman–Crippen LogP) is 1.06. The maximum Gasteiger partial charge on any atom is 0.173 e. The average Bonchev–Trinajstić information content (AvgIpc) is 2.63. The van der Waals surface area contributed by atoms with E-state index in [1.54, 1.807) is 24.3 Å². The summed E-state index contributed by atoms with van der Waals surface area (Å²) in [6, 6.07) is 7.07. The summed E-state index contributed by atoms with van der Waals surface area (Å²) in [5, 5.41) is 13.0. The van der Waals surface area contributed by atoms with Crippen molar-refractivity contribution in [2.24, 2.45) is 0 Å². The van der Waals surface area contributed by atoms with Crippen molar-refractivity contribution in [2.75, 3.05) is 16.8 Å². The number of anilines is 2. The van der Waals surface area contributed by atoms with Gasteiger partial charge in [-0.2, -0.15) is 5.26 Å². The van der Waals surface area contributed by atoms with Gasteiger partial charge in [0.15, 0.2) is 9.84 Å². The number of hydrogen-bond donors (Lipinski definition) is 2. The van der Waals surface area contributed by atoms with E-state index < -0.39 is 9.84 Å². The van der Waals surface area contributed by atoms with Gasteiger partial charge in [-0.3, -0.25) is 0 Å². The lowest BCUT2D eigenvalue weighted by atomic mass is 10.1. The number of sulfone groups is 1. The second-order valence-corrected chi connectivity index (χ2v) is 6.09. The molecule has 0 saturated carbocycles. The summed E-state index contributed by atoms with van der Waals surface area (Å²) >= 11 is 0. The summed E-state index contributed by atoms with van der Waals surface area (Å²) in [5.41, 5.74) is 7.81. The van der Waals surface area contributed by atoms with Gasteiger partial charge in [-0.15, -0.1) is 0 Å². The number of nitrogens with zero attached hydrogens (tertiary/aromatic N) is 1. The summed E-state index contributed by atoms with van der Waals surface area (Å²) in [7, 11) is -3.06. The Balaban J connectivity index is 2.14.